The maximum Gasteiger partial charge on any atom is 0.327 e. The lowest BCUT2D eigenvalue weighted by Gasteiger charge is -2.27. The summed E-state index contributed by atoms with van der Waals surface area (Å²) in [4.78, 5) is 27.7. The van der Waals surface area contributed by atoms with E-state index in [1.807, 2.05) is 48.7 Å². The number of carbonyl (C=O) groups is 2. The summed E-state index contributed by atoms with van der Waals surface area (Å²) in [6.07, 6.45) is 5.06. The van der Waals surface area contributed by atoms with Gasteiger partial charge in [-0.2, -0.15) is 0 Å². The van der Waals surface area contributed by atoms with Crippen molar-refractivity contribution in [3.63, 3.8) is 0 Å². The van der Waals surface area contributed by atoms with E-state index < -0.39 is 23.3 Å². The highest BCUT2D eigenvalue weighted by Gasteiger charge is 2.30. The lowest BCUT2D eigenvalue weighted by atomic mass is 10.1. The van der Waals surface area contributed by atoms with E-state index in [4.69, 9.17) is 4.42 Å². The molecule has 0 bridgehead atoms. The number of aromatic nitrogens is 1. The lowest BCUT2D eigenvalue weighted by Crippen LogP contribution is -2.42. The van der Waals surface area contributed by atoms with Gasteiger partial charge in [0.2, 0.25) is 5.91 Å². The minimum absolute atomic E-state index is 0.0478. The summed E-state index contributed by atoms with van der Waals surface area (Å²) < 4.78 is 29.2. The first kappa shape index (κ1) is 27.4. The van der Waals surface area contributed by atoms with E-state index >= 15 is 0 Å². The molecule has 0 saturated heterocycles. The Morgan fingerprint density at radius 3 is 2.50 bits per heavy atom. The van der Waals surface area contributed by atoms with Gasteiger partial charge in [-0.05, 0) is 68.0 Å². The zero-order valence-corrected chi connectivity index (χ0v) is 22.7. The Bertz CT molecular complexity index is 1680. The number of H-pyrrole nitrogens is 1. The van der Waals surface area contributed by atoms with Gasteiger partial charge in [0.15, 0.2) is 0 Å². The Morgan fingerprint density at radius 2 is 1.70 bits per heavy atom. The number of carboxylic acid groups (broad SMARTS) is 1. The van der Waals surface area contributed by atoms with Crippen LogP contribution in [0.4, 0.5) is 5.69 Å². The molecular formula is C30H31N3O6S. The fourth-order valence-electron chi connectivity index (χ4n) is 5.13. The molecule has 0 aliphatic heterocycles. The van der Waals surface area contributed by atoms with Crippen molar-refractivity contribution in [2.45, 2.75) is 44.6 Å². The number of fused-ring (bicyclic) bond motifs is 4. The van der Waals surface area contributed by atoms with Crippen LogP contribution in [0.1, 0.15) is 37.7 Å². The van der Waals surface area contributed by atoms with Gasteiger partial charge in [-0.3, -0.25) is 13.7 Å². The standard InChI is InChI=1S/C30H31N3O6S/c34-29(14-7-8-20-19-32-25-11-3-1-9-22(20)25)31-17-6-5-12-26(30(35)36)33(40(37)38)21-15-16-28-24(18-21)23-10-2-4-13-27(23)39-28/h1-4,9-11,13,15-16,18-19,26,32H,5-8,12,14,17H2,(H,31,34)(H,35,36)(H,37,38). The molecule has 5 rings (SSSR count). The van der Waals surface area contributed by atoms with E-state index in [9.17, 15) is 23.5 Å². The van der Waals surface area contributed by atoms with Crippen LogP contribution in [0.25, 0.3) is 32.8 Å². The molecule has 40 heavy (non-hydrogen) atoms. The molecule has 0 spiro atoms. The Labute approximate surface area is 233 Å². The van der Waals surface area contributed by atoms with Crippen LogP contribution in [0, 0.1) is 0 Å². The molecule has 0 saturated carbocycles. The van der Waals surface area contributed by atoms with Gasteiger partial charge in [-0.15, -0.1) is 0 Å². The molecule has 2 heterocycles. The largest absolute Gasteiger partial charge is 0.480 e. The van der Waals surface area contributed by atoms with Crippen LogP contribution in [-0.2, 0) is 27.3 Å². The van der Waals surface area contributed by atoms with Crippen molar-refractivity contribution in [2.24, 2.45) is 0 Å². The maximum absolute atomic E-state index is 12.3. The number of nitrogens with zero attached hydrogens (tertiary/aromatic N) is 1. The van der Waals surface area contributed by atoms with Gasteiger partial charge >= 0.3 is 5.97 Å². The fourth-order valence-corrected chi connectivity index (χ4v) is 5.84. The van der Waals surface area contributed by atoms with Crippen molar-refractivity contribution in [3.05, 3.63) is 78.5 Å². The van der Waals surface area contributed by atoms with Gasteiger partial charge in [-0.25, -0.2) is 9.00 Å². The second-order valence-electron chi connectivity index (χ2n) is 9.75. The van der Waals surface area contributed by atoms with Crippen molar-refractivity contribution in [3.8, 4) is 0 Å². The van der Waals surface area contributed by atoms with E-state index in [1.54, 1.807) is 18.2 Å². The van der Waals surface area contributed by atoms with Gasteiger partial charge < -0.3 is 19.8 Å². The van der Waals surface area contributed by atoms with E-state index in [-0.39, 0.29) is 12.3 Å². The molecule has 0 fully saturated rings. The van der Waals surface area contributed by atoms with E-state index in [0.717, 1.165) is 33.4 Å². The van der Waals surface area contributed by atoms with Crippen LogP contribution in [0.2, 0.25) is 0 Å². The van der Waals surface area contributed by atoms with Crippen LogP contribution in [0.15, 0.2) is 77.3 Å². The predicted molar refractivity (Wildman–Crippen MR) is 156 cm³/mol. The Balaban J connectivity index is 1.13. The number of carbonyl (C=O) groups excluding carboxylic acids is 1. The molecule has 4 N–H and O–H groups in total. The van der Waals surface area contributed by atoms with Gasteiger partial charge in [0.25, 0.3) is 11.3 Å². The number of para-hydroxylation sites is 2. The smallest absolute Gasteiger partial charge is 0.327 e. The average molecular weight is 562 g/mol. The minimum atomic E-state index is -2.56. The van der Waals surface area contributed by atoms with Crippen molar-refractivity contribution in [2.75, 3.05) is 10.8 Å². The van der Waals surface area contributed by atoms with Gasteiger partial charge in [0.05, 0.1) is 5.69 Å². The van der Waals surface area contributed by atoms with E-state index in [2.05, 4.69) is 16.4 Å². The number of aryl methyl sites for hydroxylation is 1. The second kappa shape index (κ2) is 12.4. The number of nitrogens with one attached hydrogen (secondary N) is 2. The highest BCUT2D eigenvalue weighted by atomic mass is 32.2. The number of hydrogen-bond donors (Lipinski definition) is 4. The topological polar surface area (TPSA) is 136 Å². The van der Waals surface area contributed by atoms with Gasteiger partial charge in [0, 0.05) is 40.8 Å². The summed E-state index contributed by atoms with van der Waals surface area (Å²) in [6.45, 7) is 0.410. The molecule has 0 aliphatic carbocycles. The van der Waals surface area contributed by atoms with Gasteiger partial charge in [-0.1, -0.05) is 36.4 Å². The Kier molecular flexibility index (Phi) is 8.47. The molecule has 208 valence electrons. The molecule has 3 aromatic carbocycles. The molecule has 2 unspecified atom stereocenters. The molecule has 5 aromatic rings. The predicted octanol–water partition coefficient (Wildman–Crippen LogP) is 5.77. The Hall–Kier alpha value is -4.15. The quantitative estimate of drug-likeness (QED) is 0.106. The maximum atomic E-state index is 12.3. The molecule has 0 radical (unpaired) electrons. The second-order valence-corrected chi connectivity index (χ2v) is 10.6. The highest BCUT2D eigenvalue weighted by Crippen LogP contribution is 2.33. The third kappa shape index (κ3) is 6.03. The van der Waals surface area contributed by atoms with Crippen LogP contribution in [0.3, 0.4) is 0 Å². The zero-order chi connectivity index (χ0) is 28.1. The molecular weight excluding hydrogens is 530 g/mol. The number of carboxylic acids is 1. The fraction of sp³-hybridized carbons (Fsp3) is 0.267. The number of benzene rings is 3. The number of furan rings is 1. The van der Waals surface area contributed by atoms with Gasteiger partial charge in [0.1, 0.15) is 17.2 Å². The minimum Gasteiger partial charge on any atom is -0.480 e. The summed E-state index contributed by atoms with van der Waals surface area (Å²) >= 11 is -2.56. The number of amides is 1. The Morgan fingerprint density at radius 1 is 0.950 bits per heavy atom. The van der Waals surface area contributed by atoms with E-state index in [0.29, 0.717) is 42.7 Å². The first-order valence-corrected chi connectivity index (χ1v) is 14.3. The molecule has 9 nitrogen and oxygen atoms in total. The highest BCUT2D eigenvalue weighted by molar-refractivity contribution is 7.80. The first-order chi connectivity index (χ1) is 19.4. The first-order valence-electron chi connectivity index (χ1n) is 13.3. The molecule has 2 aromatic heterocycles. The normalized spacial score (nSPS) is 13.0. The van der Waals surface area contributed by atoms with Crippen LogP contribution >= 0.6 is 0 Å². The molecule has 0 aliphatic rings. The number of hydrogen-bond acceptors (Lipinski definition) is 4. The van der Waals surface area contributed by atoms with Crippen molar-refractivity contribution < 1.29 is 27.9 Å². The van der Waals surface area contributed by atoms with Crippen LogP contribution < -0.4 is 9.62 Å². The number of aliphatic carboxylic acids is 1. The van der Waals surface area contributed by atoms with Crippen molar-refractivity contribution in [1.82, 2.24) is 10.3 Å². The lowest BCUT2D eigenvalue weighted by molar-refractivity contribution is -0.138. The molecule has 2 atom stereocenters. The van der Waals surface area contributed by atoms with Crippen molar-refractivity contribution >= 4 is 61.7 Å². The third-order valence-electron chi connectivity index (χ3n) is 7.10. The molecule has 10 heteroatoms. The summed E-state index contributed by atoms with van der Waals surface area (Å²) in [6, 6.07) is 19.3. The summed E-state index contributed by atoms with van der Waals surface area (Å²) in [5.74, 6) is -1.24. The number of anilines is 1. The third-order valence-corrected chi connectivity index (χ3v) is 7.90. The summed E-state index contributed by atoms with van der Waals surface area (Å²) in [5, 5.41) is 15.5. The average Bonchev–Trinajstić information content (AvgIpc) is 3.53. The van der Waals surface area contributed by atoms with Crippen molar-refractivity contribution in [1.29, 1.82) is 0 Å². The monoisotopic (exact) mass is 561 g/mol. The van der Waals surface area contributed by atoms with E-state index in [1.165, 1.54) is 10.9 Å². The zero-order valence-electron chi connectivity index (χ0n) is 21.8. The number of rotatable bonds is 13. The SMILES string of the molecule is O=C(CCCc1c[nH]c2ccccc12)NCCCCC(C(=O)O)N(c1ccc2oc3ccccc3c2c1)S(=O)O. The van der Waals surface area contributed by atoms with Crippen LogP contribution in [0.5, 0.6) is 0 Å². The van der Waals surface area contributed by atoms with Crippen LogP contribution in [-0.4, -0.2) is 43.3 Å². The number of aromatic amines is 1. The number of unbranched alkanes of at least 4 members (excludes halogenated alkanes) is 1. The summed E-state index contributed by atoms with van der Waals surface area (Å²) in [7, 11) is 0. The molecule has 1 amide bonds. The summed E-state index contributed by atoms with van der Waals surface area (Å²) in [5.41, 5.74) is 3.88.